The number of azo groups is 1. The fraction of sp³-hybridized carbons (Fsp3) is 0.111. The highest BCUT2D eigenvalue weighted by Gasteiger charge is 2.17. The van der Waals surface area contributed by atoms with Crippen LogP contribution in [0.3, 0.4) is 0 Å². The number of rotatable bonds is 4. The van der Waals surface area contributed by atoms with Crippen LogP contribution in [0.4, 0.5) is 5.69 Å². The fourth-order valence-electron chi connectivity index (χ4n) is 2.54. The second kappa shape index (κ2) is 7.16. The van der Waals surface area contributed by atoms with E-state index < -0.39 is 5.91 Å². The van der Waals surface area contributed by atoms with Crippen molar-refractivity contribution in [3.8, 4) is 11.9 Å². The van der Waals surface area contributed by atoms with Crippen LogP contribution in [0.5, 0.6) is 5.88 Å². The van der Waals surface area contributed by atoms with Crippen LogP contribution >= 0.6 is 11.6 Å². The van der Waals surface area contributed by atoms with Crippen LogP contribution in [-0.2, 0) is 11.3 Å². The maximum atomic E-state index is 11.4. The van der Waals surface area contributed by atoms with Crippen molar-refractivity contribution in [3.05, 3.63) is 59.1 Å². The lowest BCUT2D eigenvalue weighted by molar-refractivity contribution is -0.117. The van der Waals surface area contributed by atoms with Crippen molar-refractivity contribution in [1.82, 2.24) is 4.57 Å². The summed E-state index contributed by atoms with van der Waals surface area (Å²) < 4.78 is 1.65. The van der Waals surface area contributed by atoms with Gasteiger partial charge in [0.25, 0.3) is 5.91 Å². The van der Waals surface area contributed by atoms with E-state index in [2.05, 4.69) is 10.2 Å². The monoisotopic (exact) mass is 352 g/mol. The lowest BCUT2D eigenvalue weighted by Gasteiger charge is -2.08. The van der Waals surface area contributed by atoms with Gasteiger partial charge in [-0.15, -0.1) is 10.2 Å². The molecule has 7 heteroatoms. The molecule has 1 amide bonds. The number of hydrogen-bond donors (Lipinski definition) is 1. The number of carbonyl (C=O) groups excluding carboxylic acids is 1. The number of benzene rings is 2. The van der Waals surface area contributed by atoms with E-state index in [1.54, 1.807) is 28.8 Å². The van der Waals surface area contributed by atoms with Gasteiger partial charge in [0.2, 0.25) is 5.88 Å². The number of fused-ring (bicyclic) bond motifs is 1. The molecule has 0 radical (unpaired) electrons. The molecule has 1 aromatic heterocycles. The van der Waals surface area contributed by atoms with Crippen molar-refractivity contribution in [1.29, 1.82) is 5.26 Å². The van der Waals surface area contributed by atoms with E-state index in [4.69, 9.17) is 16.9 Å². The van der Waals surface area contributed by atoms with Gasteiger partial charge in [-0.25, -0.2) is 0 Å². The largest absolute Gasteiger partial charge is 0.493 e. The number of nitriles is 1. The molecular formula is C18H13ClN4O2. The summed E-state index contributed by atoms with van der Waals surface area (Å²) in [5, 5.41) is 27.7. The minimum Gasteiger partial charge on any atom is -0.493 e. The van der Waals surface area contributed by atoms with Gasteiger partial charge in [-0.1, -0.05) is 48.0 Å². The first-order valence-corrected chi connectivity index (χ1v) is 7.84. The predicted molar refractivity (Wildman–Crippen MR) is 93.9 cm³/mol. The van der Waals surface area contributed by atoms with Gasteiger partial charge < -0.3 is 9.67 Å². The lowest BCUT2D eigenvalue weighted by atomic mass is 10.2. The molecule has 1 N–H and O–H groups in total. The zero-order chi connectivity index (χ0) is 17.8. The summed E-state index contributed by atoms with van der Waals surface area (Å²) in [5.41, 5.74) is 1.76. The Bertz CT molecular complexity index is 1020. The molecule has 124 valence electrons. The Morgan fingerprint density at radius 1 is 1.20 bits per heavy atom. The van der Waals surface area contributed by atoms with Gasteiger partial charge in [-0.2, -0.15) is 5.26 Å². The van der Waals surface area contributed by atoms with Gasteiger partial charge >= 0.3 is 0 Å². The zero-order valence-corrected chi connectivity index (χ0v) is 13.8. The number of amides is 1. The van der Waals surface area contributed by atoms with Gasteiger partial charge in [-0.3, -0.25) is 4.79 Å². The number of halogens is 1. The van der Waals surface area contributed by atoms with E-state index in [1.807, 2.05) is 30.3 Å². The molecule has 2 aromatic carbocycles. The molecular weight excluding hydrogens is 340 g/mol. The number of carbonyl (C=O) groups is 1. The molecule has 0 saturated carbocycles. The van der Waals surface area contributed by atoms with Crippen molar-refractivity contribution in [3.63, 3.8) is 0 Å². The Balaban J connectivity index is 2.08. The molecule has 0 bridgehead atoms. The Hall–Kier alpha value is -3.17. The smallest absolute Gasteiger partial charge is 0.278 e. The summed E-state index contributed by atoms with van der Waals surface area (Å²) >= 11 is 6.21. The van der Waals surface area contributed by atoms with Crippen LogP contribution in [0.1, 0.15) is 12.0 Å². The molecule has 3 aromatic rings. The average molecular weight is 353 g/mol. The molecule has 6 nitrogen and oxygen atoms in total. The van der Waals surface area contributed by atoms with Crippen LogP contribution in [-0.4, -0.2) is 15.6 Å². The second-order valence-corrected chi connectivity index (χ2v) is 5.70. The summed E-state index contributed by atoms with van der Waals surface area (Å²) in [6.45, 7) is 0.341. The quantitative estimate of drug-likeness (QED) is 0.697. The van der Waals surface area contributed by atoms with Crippen molar-refractivity contribution in [2.75, 3.05) is 0 Å². The standard InChI is InChI=1S/C18H13ClN4O2/c19-14-7-3-1-5-12(14)11-23-15-8-4-2-6-13(15)17(18(23)25)22-21-16(24)9-10-20/h1-8,25H,9,11H2. The molecule has 0 spiro atoms. The molecule has 0 aliphatic rings. The molecule has 3 rings (SSSR count). The van der Waals surface area contributed by atoms with E-state index in [0.29, 0.717) is 17.0 Å². The fourth-order valence-corrected chi connectivity index (χ4v) is 2.73. The Kier molecular flexibility index (Phi) is 4.78. The van der Waals surface area contributed by atoms with E-state index in [-0.39, 0.29) is 18.0 Å². The third kappa shape index (κ3) is 3.37. The normalized spacial score (nSPS) is 11.0. The highest BCUT2D eigenvalue weighted by Crippen LogP contribution is 2.39. The Morgan fingerprint density at radius 3 is 2.68 bits per heavy atom. The van der Waals surface area contributed by atoms with Crippen LogP contribution in [0.15, 0.2) is 58.8 Å². The molecule has 0 saturated heterocycles. The van der Waals surface area contributed by atoms with Crippen LogP contribution in [0.25, 0.3) is 10.9 Å². The third-order valence-corrected chi connectivity index (χ3v) is 4.06. The summed E-state index contributed by atoms with van der Waals surface area (Å²) in [7, 11) is 0. The van der Waals surface area contributed by atoms with Crippen LogP contribution in [0.2, 0.25) is 5.02 Å². The average Bonchev–Trinajstić information content (AvgIpc) is 2.87. The molecule has 0 aliphatic heterocycles. The van der Waals surface area contributed by atoms with Crippen molar-refractivity contribution < 1.29 is 9.90 Å². The number of hydrogen-bond acceptors (Lipinski definition) is 4. The van der Waals surface area contributed by atoms with Crippen molar-refractivity contribution >= 4 is 34.1 Å². The maximum Gasteiger partial charge on any atom is 0.278 e. The van der Waals surface area contributed by atoms with E-state index in [0.717, 1.165) is 11.1 Å². The SMILES string of the molecule is N#CCC(=O)N=Nc1c(O)n(Cc2ccccc2Cl)c2ccccc12. The second-order valence-electron chi connectivity index (χ2n) is 5.30. The van der Waals surface area contributed by atoms with Crippen molar-refractivity contribution in [2.45, 2.75) is 13.0 Å². The highest BCUT2D eigenvalue weighted by atomic mass is 35.5. The summed E-state index contributed by atoms with van der Waals surface area (Å²) in [4.78, 5) is 11.4. The third-order valence-electron chi connectivity index (χ3n) is 3.70. The zero-order valence-electron chi connectivity index (χ0n) is 13.1. The molecule has 0 atom stereocenters. The van der Waals surface area contributed by atoms with Gasteiger partial charge in [-0.05, 0) is 17.7 Å². The van der Waals surface area contributed by atoms with E-state index >= 15 is 0 Å². The minimum absolute atomic E-state index is 0.116. The Morgan fingerprint density at radius 2 is 1.92 bits per heavy atom. The number of aromatic hydroxyl groups is 1. The highest BCUT2D eigenvalue weighted by molar-refractivity contribution is 6.31. The first kappa shape index (κ1) is 16.7. The van der Waals surface area contributed by atoms with Gasteiger partial charge in [0.1, 0.15) is 6.42 Å². The first-order valence-electron chi connectivity index (χ1n) is 7.47. The molecule has 25 heavy (non-hydrogen) atoms. The lowest BCUT2D eigenvalue weighted by Crippen LogP contribution is -1.99. The van der Waals surface area contributed by atoms with Gasteiger partial charge in [0.05, 0.1) is 18.1 Å². The maximum absolute atomic E-state index is 11.4. The van der Waals surface area contributed by atoms with Gasteiger partial charge in [0.15, 0.2) is 5.69 Å². The van der Waals surface area contributed by atoms with Crippen LogP contribution in [0, 0.1) is 11.3 Å². The molecule has 0 unspecified atom stereocenters. The summed E-state index contributed by atoms with van der Waals surface area (Å²) in [6.07, 6.45) is -0.359. The van der Waals surface area contributed by atoms with Gasteiger partial charge in [0, 0.05) is 10.4 Å². The molecule has 1 heterocycles. The topological polar surface area (TPSA) is 90.7 Å². The van der Waals surface area contributed by atoms with Crippen molar-refractivity contribution in [2.24, 2.45) is 10.2 Å². The first-order chi connectivity index (χ1) is 12.1. The van der Waals surface area contributed by atoms with E-state index in [9.17, 15) is 9.90 Å². The van der Waals surface area contributed by atoms with Crippen LogP contribution < -0.4 is 0 Å². The summed E-state index contributed by atoms with van der Waals surface area (Å²) in [5.74, 6) is -0.778. The minimum atomic E-state index is -0.662. The predicted octanol–water partition coefficient (Wildman–Crippen LogP) is 4.57. The molecule has 0 fully saturated rings. The Labute approximate surface area is 148 Å². The molecule has 0 aliphatic carbocycles. The number of nitrogens with zero attached hydrogens (tertiary/aromatic N) is 4. The number of aromatic nitrogens is 1. The number of para-hydroxylation sites is 1. The summed E-state index contributed by atoms with van der Waals surface area (Å²) in [6, 6.07) is 16.3. The van der Waals surface area contributed by atoms with E-state index in [1.165, 1.54) is 0 Å².